The quantitative estimate of drug-likeness (QED) is 0.858. The highest BCUT2D eigenvalue weighted by atomic mass is 79.9. The van der Waals surface area contributed by atoms with Crippen molar-refractivity contribution in [2.45, 2.75) is 19.3 Å². The normalized spacial score (nSPS) is 15.1. The van der Waals surface area contributed by atoms with Crippen molar-refractivity contribution in [2.75, 3.05) is 20.2 Å². The number of hydrogen-bond acceptors (Lipinski definition) is 2. The summed E-state index contributed by atoms with van der Waals surface area (Å²) in [5.74, 6) is 0.972. The van der Waals surface area contributed by atoms with Crippen molar-refractivity contribution in [3.8, 4) is 5.75 Å². The van der Waals surface area contributed by atoms with Crippen molar-refractivity contribution in [1.29, 1.82) is 0 Å². The molecule has 0 aliphatic carbocycles. The molecule has 92 valence electrons. The first-order valence-electron chi connectivity index (χ1n) is 5.81. The third kappa shape index (κ3) is 3.00. The fourth-order valence-electron chi connectivity index (χ4n) is 2.13. The van der Waals surface area contributed by atoms with Gasteiger partial charge in [0, 0.05) is 23.1 Å². The summed E-state index contributed by atoms with van der Waals surface area (Å²) in [7, 11) is 1.63. The van der Waals surface area contributed by atoms with Crippen molar-refractivity contribution in [1.82, 2.24) is 4.90 Å². The van der Waals surface area contributed by atoms with Crippen molar-refractivity contribution in [3.63, 3.8) is 0 Å². The van der Waals surface area contributed by atoms with Gasteiger partial charge in [0.1, 0.15) is 5.75 Å². The highest BCUT2D eigenvalue weighted by molar-refractivity contribution is 9.10. The van der Waals surface area contributed by atoms with Gasteiger partial charge in [0.15, 0.2) is 0 Å². The molecule has 17 heavy (non-hydrogen) atoms. The summed E-state index contributed by atoms with van der Waals surface area (Å²) in [5, 5.41) is 0. The van der Waals surface area contributed by atoms with E-state index < -0.39 is 0 Å². The first-order chi connectivity index (χ1) is 8.20. The number of methoxy groups -OCH3 is 1. The maximum absolute atomic E-state index is 12.0. The van der Waals surface area contributed by atoms with Gasteiger partial charge in [0.25, 0.3) is 0 Å². The molecule has 3 nitrogen and oxygen atoms in total. The van der Waals surface area contributed by atoms with E-state index in [0.717, 1.165) is 41.7 Å². The number of benzene rings is 1. The number of amides is 1. The molecule has 1 heterocycles. The van der Waals surface area contributed by atoms with E-state index in [1.54, 1.807) is 7.11 Å². The molecule has 1 aromatic carbocycles. The molecule has 1 aliphatic heterocycles. The molecule has 0 spiro atoms. The molecule has 1 saturated heterocycles. The van der Waals surface area contributed by atoms with E-state index in [2.05, 4.69) is 15.9 Å². The maximum atomic E-state index is 12.0. The van der Waals surface area contributed by atoms with Gasteiger partial charge in [-0.15, -0.1) is 0 Å². The van der Waals surface area contributed by atoms with Crippen LogP contribution in [0, 0.1) is 0 Å². The van der Waals surface area contributed by atoms with Crippen LogP contribution >= 0.6 is 15.9 Å². The summed E-state index contributed by atoms with van der Waals surface area (Å²) >= 11 is 3.42. The Hall–Kier alpha value is -1.03. The SMILES string of the molecule is COc1ccc(Br)cc1CC(=O)N1CCCC1. The number of rotatable bonds is 3. The highest BCUT2D eigenvalue weighted by Crippen LogP contribution is 2.24. The molecule has 0 aromatic heterocycles. The van der Waals surface area contributed by atoms with Gasteiger partial charge in [-0.3, -0.25) is 4.79 Å². The Bertz CT molecular complexity index is 414. The Morgan fingerprint density at radius 2 is 2.12 bits per heavy atom. The maximum Gasteiger partial charge on any atom is 0.227 e. The van der Waals surface area contributed by atoms with Gasteiger partial charge in [-0.1, -0.05) is 15.9 Å². The molecule has 4 heteroatoms. The minimum atomic E-state index is 0.193. The lowest BCUT2D eigenvalue weighted by Gasteiger charge is -2.16. The second-order valence-electron chi connectivity index (χ2n) is 4.22. The lowest BCUT2D eigenvalue weighted by molar-refractivity contribution is -0.129. The predicted molar refractivity (Wildman–Crippen MR) is 70.2 cm³/mol. The third-order valence-electron chi connectivity index (χ3n) is 3.04. The summed E-state index contributed by atoms with van der Waals surface area (Å²) in [6, 6.07) is 5.76. The number of carbonyl (C=O) groups excluding carboxylic acids is 1. The van der Waals surface area contributed by atoms with E-state index in [1.807, 2.05) is 23.1 Å². The molecule has 1 amide bonds. The zero-order valence-electron chi connectivity index (χ0n) is 9.91. The lowest BCUT2D eigenvalue weighted by Crippen LogP contribution is -2.29. The number of likely N-dealkylation sites (tertiary alicyclic amines) is 1. The number of halogens is 1. The van der Waals surface area contributed by atoms with Crippen LogP contribution in [0.25, 0.3) is 0 Å². The summed E-state index contributed by atoms with van der Waals surface area (Å²) in [5.41, 5.74) is 0.943. The highest BCUT2D eigenvalue weighted by Gasteiger charge is 2.19. The molecule has 2 rings (SSSR count). The van der Waals surface area contributed by atoms with E-state index in [-0.39, 0.29) is 5.91 Å². The molecule has 0 saturated carbocycles. The number of carbonyl (C=O) groups is 1. The lowest BCUT2D eigenvalue weighted by atomic mass is 10.1. The molecular weight excluding hydrogens is 282 g/mol. The average molecular weight is 298 g/mol. The van der Waals surface area contributed by atoms with E-state index in [4.69, 9.17) is 4.74 Å². The largest absolute Gasteiger partial charge is 0.496 e. The van der Waals surface area contributed by atoms with Gasteiger partial charge in [-0.25, -0.2) is 0 Å². The van der Waals surface area contributed by atoms with Crippen LogP contribution in [0.15, 0.2) is 22.7 Å². The van der Waals surface area contributed by atoms with Crippen molar-refractivity contribution < 1.29 is 9.53 Å². The second kappa shape index (κ2) is 5.54. The van der Waals surface area contributed by atoms with E-state index in [1.165, 1.54) is 0 Å². The van der Waals surface area contributed by atoms with Crippen LogP contribution in [0.3, 0.4) is 0 Å². The predicted octanol–water partition coefficient (Wildman–Crippen LogP) is 2.62. The fourth-order valence-corrected chi connectivity index (χ4v) is 2.54. The number of ether oxygens (including phenoxy) is 1. The molecule has 0 atom stereocenters. The van der Waals surface area contributed by atoms with Crippen LogP contribution in [0.2, 0.25) is 0 Å². The van der Waals surface area contributed by atoms with Gasteiger partial charge < -0.3 is 9.64 Å². The van der Waals surface area contributed by atoms with Crippen LogP contribution in [0.4, 0.5) is 0 Å². The van der Waals surface area contributed by atoms with E-state index in [0.29, 0.717) is 6.42 Å². The summed E-state index contributed by atoms with van der Waals surface area (Å²) in [6.45, 7) is 1.80. The van der Waals surface area contributed by atoms with Gasteiger partial charge in [-0.2, -0.15) is 0 Å². The van der Waals surface area contributed by atoms with Crippen LogP contribution < -0.4 is 4.74 Å². The van der Waals surface area contributed by atoms with E-state index in [9.17, 15) is 4.79 Å². The van der Waals surface area contributed by atoms with Gasteiger partial charge in [0.05, 0.1) is 13.5 Å². The first kappa shape index (κ1) is 12.4. The smallest absolute Gasteiger partial charge is 0.227 e. The monoisotopic (exact) mass is 297 g/mol. The van der Waals surface area contributed by atoms with Gasteiger partial charge >= 0.3 is 0 Å². The third-order valence-corrected chi connectivity index (χ3v) is 3.54. The molecule has 0 N–H and O–H groups in total. The summed E-state index contributed by atoms with van der Waals surface area (Å²) < 4.78 is 6.25. The van der Waals surface area contributed by atoms with Crippen molar-refractivity contribution in [2.24, 2.45) is 0 Å². The Morgan fingerprint density at radius 3 is 2.76 bits per heavy atom. The summed E-state index contributed by atoms with van der Waals surface area (Å²) in [6.07, 6.45) is 2.67. The zero-order chi connectivity index (χ0) is 12.3. The molecular formula is C13H16BrNO2. The Labute approximate surface area is 110 Å². The molecule has 1 aromatic rings. The van der Waals surface area contributed by atoms with Crippen LogP contribution in [-0.4, -0.2) is 31.0 Å². The standard InChI is InChI=1S/C13H16BrNO2/c1-17-12-5-4-11(14)8-10(12)9-13(16)15-6-2-3-7-15/h4-5,8H,2-3,6-7,9H2,1H3. The Balaban J connectivity index is 2.11. The molecule has 0 bridgehead atoms. The van der Waals surface area contributed by atoms with Crippen molar-refractivity contribution >= 4 is 21.8 Å². The second-order valence-corrected chi connectivity index (χ2v) is 5.14. The number of hydrogen-bond donors (Lipinski definition) is 0. The van der Waals surface area contributed by atoms with Crippen LogP contribution in [0.5, 0.6) is 5.75 Å². The van der Waals surface area contributed by atoms with E-state index >= 15 is 0 Å². The Morgan fingerprint density at radius 1 is 1.41 bits per heavy atom. The molecule has 1 fully saturated rings. The van der Waals surface area contributed by atoms with Gasteiger partial charge in [-0.05, 0) is 31.0 Å². The zero-order valence-corrected chi connectivity index (χ0v) is 11.5. The minimum Gasteiger partial charge on any atom is -0.496 e. The summed E-state index contributed by atoms with van der Waals surface area (Å²) in [4.78, 5) is 14.0. The van der Waals surface area contributed by atoms with Crippen molar-refractivity contribution in [3.05, 3.63) is 28.2 Å². The topological polar surface area (TPSA) is 29.5 Å². The van der Waals surface area contributed by atoms with Gasteiger partial charge in [0.2, 0.25) is 5.91 Å². The first-order valence-corrected chi connectivity index (χ1v) is 6.60. The average Bonchev–Trinajstić information content (AvgIpc) is 2.83. The molecule has 0 radical (unpaired) electrons. The fraction of sp³-hybridized carbons (Fsp3) is 0.462. The molecule has 0 unspecified atom stereocenters. The Kier molecular flexibility index (Phi) is 4.05. The number of nitrogens with zero attached hydrogens (tertiary/aromatic N) is 1. The minimum absolute atomic E-state index is 0.193. The molecule has 1 aliphatic rings. The van der Waals surface area contributed by atoms with Crippen LogP contribution in [-0.2, 0) is 11.2 Å². The van der Waals surface area contributed by atoms with Crippen LogP contribution in [0.1, 0.15) is 18.4 Å².